The Kier molecular flexibility index (Phi) is 4.52. The lowest BCUT2D eigenvalue weighted by atomic mass is 9.56. The molecule has 1 heteroatoms. The van der Waals surface area contributed by atoms with E-state index >= 15 is 0 Å². The summed E-state index contributed by atoms with van der Waals surface area (Å²) in [5, 5.41) is 0. The fourth-order valence-electron chi connectivity index (χ4n) is 8.18. The molecule has 0 atom stereocenters. The molecule has 0 unspecified atom stereocenters. The van der Waals surface area contributed by atoms with Gasteiger partial charge in [-0.15, -0.1) is 0 Å². The van der Waals surface area contributed by atoms with E-state index in [1.165, 1.54) is 73.6 Å². The molecule has 1 nitrogen and oxygen atoms in total. The zero-order valence-electron chi connectivity index (χ0n) is 25.1. The second-order valence-electron chi connectivity index (χ2n) is 11.8. The maximum Gasteiger partial charge on any atom is 0.213 e. The molecular weight excluding hydrogens is 446 g/mol. The minimum Gasteiger partial charge on any atom is -0.201 e. The van der Waals surface area contributed by atoms with Crippen LogP contribution in [0.5, 0.6) is 0 Å². The van der Waals surface area contributed by atoms with E-state index in [0.717, 1.165) is 22.4 Å². The molecular formula is C36H38N+. The predicted octanol–water partition coefficient (Wildman–Crippen LogP) is 8.50. The summed E-state index contributed by atoms with van der Waals surface area (Å²) < 4.78 is 27.4. The van der Waals surface area contributed by atoms with Crippen LogP contribution >= 0.6 is 0 Å². The number of fused-ring (bicyclic) bond motifs is 6. The molecule has 0 aliphatic heterocycles. The van der Waals surface area contributed by atoms with Gasteiger partial charge >= 0.3 is 0 Å². The minimum absolute atomic E-state index is 0.0220. The summed E-state index contributed by atoms with van der Waals surface area (Å²) in [5.74, 6) is 0. The second kappa shape index (κ2) is 8.42. The lowest BCUT2D eigenvalue weighted by Gasteiger charge is -2.47. The Morgan fingerprint density at radius 3 is 1.89 bits per heavy atom. The zero-order chi connectivity index (χ0) is 27.7. The number of aryl methyl sites for hydroxylation is 3. The quantitative estimate of drug-likeness (QED) is 0.250. The second-order valence-corrected chi connectivity index (χ2v) is 11.8. The number of hydrogen-bond donors (Lipinski definition) is 0. The smallest absolute Gasteiger partial charge is 0.201 e. The lowest BCUT2D eigenvalue weighted by molar-refractivity contribution is -0.660. The van der Waals surface area contributed by atoms with Crippen LogP contribution in [-0.4, -0.2) is 0 Å². The van der Waals surface area contributed by atoms with E-state index in [-0.39, 0.29) is 10.8 Å². The van der Waals surface area contributed by atoms with Gasteiger partial charge in [0.15, 0.2) is 6.20 Å². The first kappa shape index (κ1) is 19.9. The average Bonchev–Trinajstić information content (AvgIpc) is 3.64. The molecule has 2 fully saturated rings. The molecule has 7 rings (SSSR count). The van der Waals surface area contributed by atoms with E-state index in [1.807, 2.05) is 17.8 Å². The van der Waals surface area contributed by atoms with E-state index in [9.17, 15) is 0 Å². The number of hydrogen-bond acceptors (Lipinski definition) is 0. The summed E-state index contributed by atoms with van der Waals surface area (Å²) in [6, 6.07) is 26.8. The number of aromatic nitrogens is 1. The molecule has 1 aromatic heterocycles. The van der Waals surface area contributed by atoms with Gasteiger partial charge in [0.25, 0.3) is 0 Å². The Morgan fingerprint density at radius 1 is 0.649 bits per heavy atom. The standard InChI is InChI=1S/C36H38N/c1-25-12-4-5-13-28(25)34-23-29(26(2)24-37(34)3)27-16-17-32-33(22-27)36(20-10-11-21-36)31-15-7-6-14-30(31)35(32)18-8-9-19-35/h4-7,12-17,22-24H,8-11,18-21H2,1-3H3/q+1/i2D3. The van der Waals surface area contributed by atoms with Crippen LogP contribution in [0.25, 0.3) is 22.4 Å². The van der Waals surface area contributed by atoms with Crippen molar-refractivity contribution in [3.05, 3.63) is 112 Å². The van der Waals surface area contributed by atoms with Crippen molar-refractivity contribution in [2.75, 3.05) is 0 Å². The SMILES string of the molecule is [2H]C([2H])([2H])c1c[n+](C)c(-c2ccccc2C)cc1-c1ccc2c(c1)C1(CCCC1)c1ccccc1C21CCCC1. The number of nitrogens with zero attached hydrogens (tertiary/aromatic N) is 1. The zero-order valence-corrected chi connectivity index (χ0v) is 22.1. The Balaban J connectivity index is 1.50. The van der Waals surface area contributed by atoms with E-state index in [4.69, 9.17) is 4.11 Å². The third-order valence-electron chi connectivity index (χ3n) is 9.93. The van der Waals surface area contributed by atoms with Gasteiger partial charge in [0.2, 0.25) is 5.69 Å². The van der Waals surface area contributed by atoms with Crippen LogP contribution < -0.4 is 4.57 Å². The highest BCUT2D eigenvalue weighted by molar-refractivity contribution is 5.75. The molecule has 0 saturated heterocycles. The van der Waals surface area contributed by atoms with Gasteiger partial charge in [-0.3, -0.25) is 0 Å². The number of benzene rings is 3. The van der Waals surface area contributed by atoms with Gasteiger partial charge < -0.3 is 0 Å². The molecule has 1 heterocycles. The summed E-state index contributed by atoms with van der Waals surface area (Å²) in [6.07, 6.45) is 11.6. The molecule has 2 saturated carbocycles. The van der Waals surface area contributed by atoms with Gasteiger partial charge in [-0.05, 0) is 90.5 Å². The predicted molar refractivity (Wildman–Crippen MR) is 153 cm³/mol. The lowest BCUT2D eigenvalue weighted by Crippen LogP contribution is -2.40. The maximum absolute atomic E-state index is 8.47. The Bertz CT molecular complexity index is 1620. The van der Waals surface area contributed by atoms with Crippen LogP contribution in [0.3, 0.4) is 0 Å². The summed E-state index contributed by atoms with van der Waals surface area (Å²) in [7, 11) is 1.96. The molecule has 37 heavy (non-hydrogen) atoms. The van der Waals surface area contributed by atoms with E-state index < -0.39 is 6.85 Å². The first-order valence-corrected chi connectivity index (χ1v) is 14.1. The van der Waals surface area contributed by atoms with E-state index in [2.05, 4.69) is 79.7 Å². The molecule has 3 aromatic carbocycles. The fraction of sp³-hybridized carbons (Fsp3) is 0.361. The van der Waals surface area contributed by atoms with Crippen molar-refractivity contribution in [1.29, 1.82) is 0 Å². The van der Waals surface area contributed by atoms with E-state index in [0.29, 0.717) is 5.56 Å². The fourth-order valence-corrected chi connectivity index (χ4v) is 8.18. The van der Waals surface area contributed by atoms with Crippen LogP contribution in [0, 0.1) is 13.8 Å². The summed E-state index contributed by atoms with van der Waals surface area (Å²) >= 11 is 0. The molecule has 3 aliphatic carbocycles. The van der Waals surface area contributed by atoms with Crippen LogP contribution in [0.1, 0.15) is 88.9 Å². The number of rotatable bonds is 2. The van der Waals surface area contributed by atoms with Crippen molar-refractivity contribution in [1.82, 2.24) is 0 Å². The van der Waals surface area contributed by atoms with Gasteiger partial charge in [-0.2, -0.15) is 0 Å². The van der Waals surface area contributed by atoms with Crippen LogP contribution in [0.2, 0.25) is 0 Å². The highest BCUT2D eigenvalue weighted by Gasteiger charge is 2.52. The maximum atomic E-state index is 8.47. The van der Waals surface area contributed by atoms with Crippen molar-refractivity contribution < 1.29 is 8.68 Å². The van der Waals surface area contributed by atoms with Crippen molar-refractivity contribution in [2.45, 2.75) is 76.0 Å². The molecule has 0 amide bonds. The van der Waals surface area contributed by atoms with Gasteiger partial charge in [0, 0.05) is 32.1 Å². The largest absolute Gasteiger partial charge is 0.213 e. The van der Waals surface area contributed by atoms with Crippen LogP contribution in [0.4, 0.5) is 0 Å². The van der Waals surface area contributed by atoms with Gasteiger partial charge in [0.1, 0.15) is 7.05 Å². The van der Waals surface area contributed by atoms with E-state index in [1.54, 1.807) is 5.56 Å². The number of pyridine rings is 1. The van der Waals surface area contributed by atoms with Crippen LogP contribution in [-0.2, 0) is 17.9 Å². The Morgan fingerprint density at radius 2 is 1.24 bits per heavy atom. The van der Waals surface area contributed by atoms with Crippen molar-refractivity contribution in [2.24, 2.45) is 7.05 Å². The molecule has 0 bridgehead atoms. The van der Waals surface area contributed by atoms with Gasteiger partial charge in [-0.1, -0.05) is 80.3 Å². The average molecular weight is 488 g/mol. The highest BCUT2D eigenvalue weighted by Crippen LogP contribution is 2.61. The Hall–Kier alpha value is -3.19. The first-order chi connectivity index (χ1) is 19.2. The molecule has 4 aromatic rings. The Labute approximate surface area is 226 Å². The van der Waals surface area contributed by atoms with Crippen molar-refractivity contribution in [3.63, 3.8) is 0 Å². The van der Waals surface area contributed by atoms with Crippen molar-refractivity contribution >= 4 is 0 Å². The van der Waals surface area contributed by atoms with Crippen molar-refractivity contribution in [3.8, 4) is 22.4 Å². The third kappa shape index (κ3) is 3.26. The topological polar surface area (TPSA) is 3.88 Å². The van der Waals surface area contributed by atoms with Crippen LogP contribution in [0.15, 0.2) is 79.0 Å². The summed E-state index contributed by atoms with van der Waals surface area (Å²) in [4.78, 5) is 0. The highest BCUT2D eigenvalue weighted by atomic mass is 14.9. The third-order valence-corrected chi connectivity index (χ3v) is 9.93. The first-order valence-electron chi connectivity index (χ1n) is 15.6. The molecule has 3 aliphatic rings. The monoisotopic (exact) mass is 487 g/mol. The molecule has 0 radical (unpaired) electrons. The van der Waals surface area contributed by atoms with Gasteiger partial charge in [0.05, 0.1) is 0 Å². The normalized spacial score (nSPS) is 20.3. The summed E-state index contributed by atoms with van der Waals surface area (Å²) in [5.41, 5.74) is 11.8. The molecule has 186 valence electrons. The minimum atomic E-state index is -2.21. The van der Waals surface area contributed by atoms with Gasteiger partial charge in [-0.25, -0.2) is 4.57 Å². The molecule has 0 N–H and O–H groups in total. The summed E-state index contributed by atoms with van der Waals surface area (Å²) in [6.45, 7) is -0.0918. The molecule has 2 spiro atoms.